The van der Waals surface area contributed by atoms with Crippen LogP contribution in [0.3, 0.4) is 0 Å². The summed E-state index contributed by atoms with van der Waals surface area (Å²) in [6, 6.07) is 18.4. The van der Waals surface area contributed by atoms with E-state index in [0.29, 0.717) is 32.0 Å². The van der Waals surface area contributed by atoms with Crippen LogP contribution < -0.4 is 49.7 Å². The fraction of sp³-hybridized carbons (Fsp3) is 0.148. The summed E-state index contributed by atoms with van der Waals surface area (Å²) in [5.41, 5.74) is 6.76. The van der Waals surface area contributed by atoms with Crippen molar-refractivity contribution in [2.24, 2.45) is 0 Å². The Labute approximate surface area is 271 Å². The molecule has 1 fully saturated rings. The molecular weight excluding hydrogens is 607 g/mol. The van der Waals surface area contributed by atoms with Crippen molar-refractivity contribution in [2.45, 2.75) is 9.79 Å². The Morgan fingerprint density at radius 1 is 0.860 bits per heavy atom. The van der Waals surface area contributed by atoms with Crippen LogP contribution in [-0.2, 0) is 25.0 Å². The van der Waals surface area contributed by atoms with E-state index in [4.69, 9.17) is 14.7 Å². The zero-order chi connectivity index (χ0) is 29.7. The smallest absolute Gasteiger partial charge is 0.744 e. The summed E-state index contributed by atoms with van der Waals surface area (Å²) in [6.07, 6.45) is 2.63. The third kappa shape index (κ3) is 8.08. The summed E-state index contributed by atoms with van der Waals surface area (Å²) in [5.74, 6) is 0.244. The van der Waals surface area contributed by atoms with E-state index in [-0.39, 0.29) is 58.3 Å². The van der Waals surface area contributed by atoms with Gasteiger partial charge in [0.05, 0.1) is 23.8 Å². The number of hydrogen-bond acceptors (Lipinski definition) is 13. The molecule has 1 aliphatic rings. The Bertz CT molecular complexity index is 1840. The van der Waals surface area contributed by atoms with Gasteiger partial charge in [-0.25, -0.2) is 8.42 Å². The van der Waals surface area contributed by atoms with E-state index in [1.54, 1.807) is 18.2 Å². The van der Waals surface area contributed by atoms with Crippen molar-refractivity contribution in [3.05, 3.63) is 83.9 Å². The molecular formula is C27H25N6NaO7S2. The minimum Gasteiger partial charge on any atom is -0.744 e. The second-order valence-electron chi connectivity index (χ2n) is 8.96. The number of nitrogens with one attached hydrogen (secondary N) is 1. The maximum absolute atomic E-state index is 13.6. The third-order valence-corrected chi connectivity index (χ3v) is 8.32. The maximum Gasteiger partial charge on any atom is 1.00 e. The molecule has 0 spiro atoms. The quantitative estimate of drug-likeness (QED) is 0.0817. The van der Waals surface area contributed by atoms with Gasteiger partial charge in [0.2, 0.25) is 11.9 Å². The first kappa shape index (κ1) is 32.3. The molecule has 0 radical (unpaired) electrons. The average molecular weight is 633 g/mol. The molecule has 5 rings (SSSR count). The Morgan fingerprint density at radius 2 is 1.51 bits per heavy atom. The first-order valence-corrected chi connectivity index (χ1v) is 15.4. The SMILES string of the molecule is Nc1cccc(C=Cc2ccccc2S(=O)(=O)[O-])c1S(=O)(=O)Oc1nc(Nc2ccccc2)nc(N2CCOCC2)n1.[Na+]. The molecule has 0 unspecified atom stereocenters. The number of rotatable bonds is 9. The summed E-state index contributed by atoms with van der Waals surface area (Å²) >= 11 is 0. The summed E-state index contributed by atoms with van der Waals surface area (Å²) < 4.78 is 73.0. The summed E-state index contributed by atoms with van der Waals surface area (Å²) in [7, 11) is -9.41. The van der Waals surface area contributed by atoms with Crippen LogP contribution in [0.4, 0.5) is 23.3 Å². The number of nitrogens with zero attached hydrogens (tertiary/aromatic N) is 4. The van der Waals surface area contributed by atoms with Crippen LogP contribution in [-0.4, -0.2) is 62.6 Å². The van der Waals surface area contributed by atoms with Crippen LogP contribution in [0.5, 0.6) is 6.01 Å². The van der Waals surface area contributed by atoms with Gasteiger partial charge in [-0.15, -0.1) is 0 Å². The number of hydrogen-bond donors (Lipinski definition) is 2. The molecule has 0 atom stereocenters. The molecule has 0 amide bonds. The van der Waals surface area contributed by atoms with Gasteiger partial charge in [-0.05, 0) is 35.4 Å². The summed E-state index contributed by atoms with van der Waals surface area (Å²) in [6.45, 7) is 1.83. The predicted octanol–water partition coefficient (Wildman–Crippen LogP) is -0.120. The Balaban J connectivity index is 0.00000423. The molecule has 4 aromatic rings. The Kier molecular flexibility index (Phi) is 10.4. The van der Waals surface area contributed by atoms with E-state index in [9.17, 15) is 21.4 Å². The second-order valence-corrected chi connectivity index (χ2v) is 11.8. The second kappa shape index (κ2) is 13.8. The third-order valence-electron chi connectivity index (χ3n) is 6.07. The maximum atomic E-state index is 13.6. The number of nitrogens with two attached hydrogens (primary N) is 1. The number of aromatic nitrogens is 3. The van der Waals surface area contributed by atoms with Gasteiger partial charge in [0.15, 0.2) is 0 Å². The molecule has 43 heavy (non-hydrogen) atoms. The van der Waals surface area contributed by atoms with Crippen molar-refractivity contribution in [1.82, 2.24) is 15.0 Å². The van der Waals surface area contributed by atoms with Crippen molar-refractivity contribution in [3.63, 3.8) is 0 Å². The van der Waals surface area contributed by atoms with Crippen molar-refractivity contribution in [2.75, 3.05) is 42.3 Å². The predicted molar refractivity (Wildman–Crippen MR) is 155 cm³/mol. The van der Waals surface area contributed by atoms with E-state index < -0.39 is 36.0 Å². The van der Waals surface area contributed by atoms with Crippen molar-refractivity contribution < 1.29 is 59.9 Å². The first-order valence-electron chi connectivity index (χ1n) is 12.6. The Hall–Kier alpha value is -3.57. The monoisotopic (exact) mass is 632 g/mol. The minimum absolute atomic E-state index is 0. The van der Waals surface area contributed by atoms with Crippen molar-refractivity contribution >= 4 is 55.7 Å². The van der Waals surface area contributed by atoms with Crippen LogP contribution in [0.2, 0.25) is 0 Å². The van der Waals surface area contributed by atoms with E-state index in [2.05, 4.69) is 20.3 Å². The van der Waals surface area contributed by atoms with E-state index in [1.165, 1.54) is 42.5 Å². The number of para-hydroxylation sites is 1. The summed E-state index contributed by atoms with van der Waals surface area (Å²) in [5, 5.41) is 3.02. The van der Waals surface area contributed by atoms with Gasteiger partial charge in [0, 0.05) is 18.8 Å². The summed E-state index contributed by atoms with van der Waals surface area (Å²) in [4.78, 5) is 13.8. The first-order chi connectivity index (χ1) is 20.1. The molecule has 0 saturated carbocycles. The molecule has 1 aliphatic heterocycles. The number of ether oxygens (including phenoxy) is 1. The van der Waals surface area contributed by atoms with Crippen LogP contribution in [0.15, 0.2) is 82.6 Å². The topological polar surface area (TPSA) is 190 Å². The zero-order valence-electron chi connectivity index (χ0n) is 23.0. The average Bonchev–Trinajstić information content (AvgIpc) is 2.96. The molecule has 3 N–H and O–H groups in total. The van der Waals surface area contributed by atoms with Crippen LogP contribution in [0.25, 0.3) is 12.2 Å². The number of benzene rings is 3. The van der Waals surface area contributed by atoms with Gasteiger partial charge < -0.3 is 29.4 Å². The van der Waals surface area contributed by atoms with Crippen molar-refractivity contribution in [1.29, 1.82) is 0 Å². The Morgan fingerprint density at radius 3 is 2.23 bits per heavy atom. The van der Waals surface area contributed by atoms with Gasteiger partial charge in [0.1, 0.15) is 15.0 Å². The van der Waals surface area contributed by atoms with Gasteiger partial charge in [-0.1, -0.05) is 60.7 Å². The number of morpholine rings is 1. The molecule has 2 heterocycles. The van der Waals surface area contributed by atoms with Crippen LogP contribution in [0, 0.1) is 0 Å². The van der Waals surface area contributed by atoms with Gasteiger partial charge in [0.25, 0.3) is 0 Å². The molecule has 0 bridgehead atoms. The fourth-order valence-electron chi connectivity index (χ4n) is 4.15. The van der Waals surface area contributed by atoms with E-state index in [0.717, 1.165) is 6.07 Å². The molecule has 13 nitrogen and oxygen atoms in total. The molecule has 218 valence electrons. The van der Waals surface area contributed by atoms with Crippen molar-refractivity contribution in [3.8, 4) is 6.01 Å². The fourth-order valence-corrected chi connectivity index (χ4v) is 5.96. The molecule has 16 heteroatoms. The van der Waals surface area contributed by atoms with Gasteiger partial charge in [-0.2, -0.15) is 23.4 Å². The normalized spacial score (nSPS) is 13.8. The van der Waals surface area contributed by atoms with Gasteiger partial charge in [-0.3, -0.25) is 0 Å². The largest absolute Gasteiger partial charge is 1.00 e. The molecule has 0 aliphatic carbocycles. The van der Waals surface area contributed by atoms with Gasteiger partial charge >= 0.3 is 45.7 Å². The number of anilines is 4. The zero-order valence-corrected chi connectivity index (χ0v) is 26.6. The molecule has 1 saturated heterocycles. The minimum atomic E-state index is -4.77. The molecule has 3 aromatic carbocycles. The standard InChI is InChI=1S/C27H26N6O7S2.Na/c28-22-11-6-8-20(14-13-19-7-4-5-12-23(19)41(34,35)36)24(22)42(37,38)40-27-31-25(29-21-9-2-1-3-10-21)30-26(32-27)33-15-17-39-18-16-33;/h1-14H,15-18,28H2,(H,34,35,36)(H,29,30,31,32);/q;+1/p-1. The van der Waals surface area contributed by atoms with E-state index in [1.807, 2.05) is 23.1 Å². The van der Waals surface area contributed by atoms with Crippen LogP contribution in [0.1, 0.15) is 11.1 Å². The van der Waals surface area contributed by atoms with E-state index >= 15 is 0 Å². The molecule has 1 aromatic heterocycles. The number of nitrogen functional groups attached to an aromatic ring is 1. The van der Waals surface area contributed by atoms with Crippen LogP contribution >= 0.6 is 0 Å².